The Morgan fingerprint density at radius 3 is 2.38 bits per heavy atom. The highest BCUT2D eigenvalue weighted by Crippen LogP contribution is 2.26. The number of hydrogen-bond acceptors (Lipinski definition) is 3. The largest absolute Gasteiger partial charge is 0.489 e. The summed E-state index contributed by atoms with van der Waals surface area (Å²) >= 11 is 5.41. The Labute approximate surface area is 174 Å². The van der Waals surface area contributed by atoms with E-state index in [4.69, 9.17) is 21.3 Å². The van der Waals surface area contributed by atoms with E-state index < -0.39 is 0 Å². The van der Waals surface area contributed by atoms with Crippen LogP contribution >= 0.6 is 11.6 Å². The van der Waals surface area contributed by atoms with Crippen molar-refractivity contribution in [3.05, 3.63) is 96.1 Å². The molecule has 1 heterocycles. The van der Waals surface area contributed by atoms with Gasteiger partial charge < -0.3 is 4.74 Å². The lowest BCUT2D eigenvalue weighted by Crippen LogP contribution is -1.99. The van der Waals surface area contributed by atoms with E-state index in [0.717, 1.165) is 39.0 Å². The van der Waals surface area contributed by atoms with Gasteiger partial charge in [0, 0.05) is 22.9 Å². The van der Waals surface area contributed by atoms with Crippen LogP contribution in [-0.4, -0.2) is 10.2 Å². The van der Waals surface area contributed by atoms with Crippen LogP contribution in [0.25, 0.3) is 22.2 Å². The molecule has 0 aliphatic carbocycles. The molecule has 0 saturated heterocycles. The summed E-state index contributed by atoms with van der Waals surface area (Å²) in [5, 5.41) is 0.772. The summed E-state index contributed by atoms with van der Waals surface area (Å²) in [6.45, 7) is 0.447. The Morgan fingerprint density at radius 2 is 1.62 bits per heavy atom. The third-order valence-corrected chi connectivity index (χ3v) is 4.99. The standard InChI is InChI=1S/C25H20ClNO2/c26-25(28)15-12-18-10-13-21(14-11-18)29-17-20-16-24(19-6-2-1-3-7-19)27-23-9-5-4-8-22(20)23/h1-11,13-14,16H,12,15,17H2. The fourth-order valence-electron chi connectivity index (χ4n) is 3.28. The van der Waals surface area contributed by atoms with E-state index >= 15 is 0 Å². The lowest BCUT2D eigenvalue weighted by atomic mass is 10.0. The van der Waals surface area contributed by atoms with Crippen LogP contribution in [-0.2, 0) is 17.8 Å². The average Bonchev–Trinajstić information content (AvgIpc) is 2.77. The minimum atomic E-state index is -0.316. The predicted molar refractivity (Wildman–Crippen MR) is 117 cm³/mol. The van der Waals surface area contributed by atoms with Crippen LogP contribution in [0.5, 0.6) is 5.75 Å². The number of halogens is 1. The van der Waals surface area contributed by atoms with Crippen LogP contribution in [0, 0.1) is 0 Å². The first-order valence-corrected chi connectivity index (χ1v) is 9.91. The van der Waals surface area contributed by atoms with E-state index in [1.54, 1.807) is 0 Å². The number of fused-ring (bicyclic) bond motifs is 1. The predicted octanol–water partition coefficient (Wildman–Crippen LogP) is 6.18. The second-order valence-corrected chi connectivity index (χ2v) is 7.26. The molecule has 0 aliphatic rings. The van der Waals surface area contributed by atoms with Crippen molar-refractivity contribution in [3.63, 3.8) is 0 Å². The van der Waals surface area contributed by atoms with Crippen molar-refractivity contribution in [2.24, 2.45) is 0 Å². The molecule has 4 aromatic rings. The number of nitrogens with zero attached hydrogens (tertiary/aromatic N) is 1. The third kappa shape index (κ3) is 4.82. The highest BCUT2D eigenvalue weighted by atomic mass is 35.5. The molecular formula is C25H20ClNO2. The van der Waals surface area contributed by atoms with Crippen LogP contribution in [0.2, 0.25) is 0 Å². The minimum Gasteiger partial charge on any atom is -0.489 e. The van der Waals surface area contributed by atoms with Crippen molar-refractivity contribution in [1.82, 2.24) is 4.98 Å². The number of para-hydroxylation sites is 1. The molecule has 0 unspecified atom stereocenters. The highest BCUT2D eigenvalue weighted by molar-refractivity contribution is 6.63. The second kappa shape index (κ2) is 8.89. The van der Waals surface area contributed by atoms with Crippen LogP contribution in [0.4, 0.5) is 0 Å². The summed E-state index contributed by atoms with van der Waals surface area (Å²) in [5.41, 5.74) is 5.12. The SMILES string of the molecule is O=C(Cl)CCc1ccc(OCc2cc(-c3ccccc3)nc3ccccc23)cc1. The summed E-state index contributed by atoms with van der Waals surface area (Å²) in [5.74, 6) is 0.785. The van der Waals surface area contributed by atoms with E-state index in [2.05, 4.69) is 24.3 Å². The lowest BCUT2D eigenvalue weighted by Gasteiger charge is -2.12. The summed E-state index contributed by atoms with van der Waals surface area (Å²) in [6.07, 6.45) is 0.977. The molecule has 0 radical (unpaired) electrons. The van der Waals surface area contributed by atoms with E-state index in [0.29, 0.717) is 19.4 Å². The Bertz CT molecular complexity index is 1120. The normalized spacial score (nSPS) is 10.8. The van der Waals surface area contributed by atoms with Gasteiger partial charge in [-0.15, -0.1) is 0 Å². The average molecular weight is 402 g/mol. The maximum atomic E-state index is 10.9. The number of aromatic nitrogens is 1. The fraction of sp³-hybridized carbons (Fsp3) is 0.120. The fourth-order valence-corrected chi connectivity index (χ4v) is 3.37. The Balaban J connectivity index is 1.56. The number of rotatable bonds is 7. The Hall–Kier alpha value is -3.17. The molecule has 3 nitrogen and oxygen atoms in total. The van der Waals surface area contributed by atoms with Crippen molar-refractivity contribution in [3.8, 4) is 17.0 Å². The van der Waals surface area contributed by atoms with Gasteiger partial charge in [-0.3, -0.25) is 4.79 Å². The number of carbonyl (C=O) groups is 1. The lowest BCUT2D eigenvalue weighted by molar-refractivity contribution is -0.111. The van der Waals surface area contributed by atoms with Gasteiger partial charge in [0.1, 0.15) is 12.4 Å². The van der Waals surface area contributed by atoms with Gasteiger partial charge in [-0.05, 0) is 47.9 Å². The molecule has 0 amide bonds. The highest BCUT2D eigenvalue weighted by Gasteiger charge is 2.08. The Kier molecular flexibility index (Phi) is 5.87. The van der Waals surface area contributed by atoms with Gasteiger partial charge in [-0.25, -0.2) is 4.98 Å². The van der Waals surface area contributed by atoms with Crippen LogP contribution in [0.3, 0.4) is 0 Å². The maximum absolute atomic E-state index is 10.9. The minimum absolute atomic E-state index is 0.316. The van der Waals surface area contributed by atoms with Gasteiger partial charge in [-0.2, -0.15) is 0 Å². The topological polar surface area (TPSA) is 39.2 Å². The molecule has 0 N–H and O–H groups in total. The molecule has 1 aromatic heterocycles. The van der Waals surface area contributed by atoms with Crippen molar-refractivity contribution < 1.29 is 9.53 Å². The smallest absolute Gasteiger partial charge is 0.221 e. The molecule has 4 rings (SSSR count). The molecule has 0 atom stereocenters. The molecule has 29 heavy (non-hydrogen) atoms. The summed E-state index contributed by atoms with van der Waals surface area (Å²) in [7, 11) is 0. The van der Waals surface area contributed by atoms with E-state index in [1.807, 2.05) is 60.7 Å². The van der Waals surface area contributed by atoms with Crippen LogP contribution < -0.4 is 4.74 Å². The molecule has 4 heteroatoms. The zero-order chi connectivity index (χ0) is 20.1. The molecule has 0 fully saturated rings. The zero-order valence-corrected chi connectivity index (χ0v) is 16.6. The number of aryl methyl sites for hydroxylation is 1. The second-order valence-electron chi connectivity index (χ2n) is 6.84. The number of benzene rings is 3. The molecule has 0 aliphatic heterocycles. The molecule has 0 bridgehead atoms. The van der Waals surface area contributed by atoms with E-state index in [-0.39, 0.29) is 5.24 Å². The van der Waals surface area contributed by atoms with Gasteiger partial charge in [0.2, 0.25) is 5.24 Å². The van der Waals surface area contributed by atoms with Crippen molar-refractivity contribution in [1.29, 1.82) is 0 Å². The first kappa shape index (κ1) is 19.2. The van der Waals surface area contributed by atoms with Gasteiger partial charge in [-0.1, -0.05) is 60.7 Å². The molecule has 3 aromatic carbocycles. The van der Waals surface area contributed by atoms with Gasteiger partial charge in [0.05, 0.1) is 11.2 Å². The van der Waals surface area contributed by atoms with Crippen molar-refractivity contribution in [2.75, 3.05) is 0 Å². The van der Waals surface area contributed by atoms with E-state index in [9.17, 15) is 4.79 Å². The van der Waals surface area contributed by atoms with E-state index in [1.165, 1.54) is 0 Å². The van der Waals surface area contributed by atoms with Crippen molar-refractivity contribution in [2.45, 2.75) is 19.4 Å². The maximum Gasteiger partial charge on any atom is 0.221 e. The summed E-state index contributed by atoms with van der Waals surface area (Å²) < 4.78 is 6.05. The first-order valence-electron chi connectivity index (χ1n) is 9.53. The number of carbonyl (C=O) groups excluding carboxylic acids is 1. The number of hydrogen-bond donors (Lipinski definition) is 0. The summed E-state index contributed by atoms with van der Waals surface area (Å²) in [6, 6.07) is 28.2. The summed E-state index contributed by atoms with van der Waals surface area (Å²) in [4.78, 5) is 15.7. The molecule has 0 saturated carbocycles. The van der Waals surface area contributed by atoms with Gasteiger partial charge in [0.15, 0.2) is 0 Å². The zero-order valence-electron chi connectivity index (χ0n) is 15.8. The van der Waals surface area contributed by atoms with Gasteiger partial charge in [0.25, 0.3) is 0 Å². The number of ether oxygens (including phenoxy) is 1. The molecule has 144 valence electrons. The molecular weight excluding hydrogens is 382 g/mol. The number of pyridine rings is 1. The molecule has 0 spiro atoms. The quantitative estimate of drug-likeness (QED) is 0.347. The van der Waals surface area contributed by atoms with Crippen LogP contribution in [0.1, 0.15) is 17.5 Å². The van der Waals surface area contributed by atoms with Crippen molar-refractivity contribution >= 4 is 27.7 Å². The monoisotopic (exact) mass is 401 g/mol. The first-order chi connectivity index (χ1) is 14.2. The van der Waals surface area contributed by atoms with Crippen LogP contribution in [0.15, 0.2) is 84.9 Å². The third-order valence-electron chi connectivity index (χ3n) is 4.80. The van der Waals surface area contributed by atoms with Gasteiger partial charge >= 0.3 is 0 Å². The Morgan fingerprint density at radius 1 is 0.897 bits per heavy atom.